The van der Waals surface area contributed by atoms with E-state index in [0.29, 0.717) is 17.9 Å². The number of carbonyl (C=O) groups is 3. The summed E-state index contributed by atoms with van der Waals surface area (Å²) in [7, 11) is 1.25. The summed E-state index contributed by atoms with van der Waals surface area (Å²) >= 11 is 0. The summed E-state index contributed by atoms with van der Waals surface area (Å²) in [5.74, 6) is -0.618. The molecule has 1 aliphatic rings. The van der Waals surface area contributed by atoms with Crippen LogP contribution in [0.2, 0.25) is 0 Å². The van der Waals surface area contributed by atoms with Crippen LogP contribution >= 0.6 is 0 Å². The number of carbonyl (C=O) groups excluding carboxylic acids is 3. The number of ether oxygens (including phenoxy) is 4. The molecule has 1 heterocycles. The van der Waals surface area contributed by atoms with Gasteiger partial charge in [0.15, 0.2) is 18.1 Å². The molecule has 8 heteroatoms. The van der Waals surface area contributed by atoms with Crippen molar-refractivity contribution >= 4 is 17.8 Å². The lowest BCUT2D eigenvalue weighted by molar-refractivity contribution is -0.145. The molecule has 0 bridgehead atoms. The number of hydrogen-bond donors (Lipinski definition) is 1. The van der Waals surface area contributed by atoms with Crippen LogP contribution in [0, 0.1) is 5.92 Å². The van der Waals surface area contributed by atoms with Crippen molar-refractivity contribution in [3.05, 3.63) is 23.8 Å². The highest BCUT2D eigenvalue weighted by molar-refractivity contribution is 5.92. The van der Waals surface area contributed by atoms with E-state index in [-0.39, 0.29) is 18.3 Å². The van der Waals surface area contributed by atoms with Crippen molar-refractivity contribution in [3.63, 3.8) is 0 Å². The van der Waals surface area contributed by atoms with Crippen molar-refractivity contribution in [2.45, 2.75) is 26.3 Å². The van der Waals surface area contributed by atoms with Crippen molar-refractivity contribution in [3.8, 4) is 11.5 Å². The zero-order valence-electron chi connectivity index (χ0n) is 14.4. The maximum absolute atomic E-state index is 12.0. The molecule has 1 amide bonds. The number of amides is 1. The van der Waals surface area contributed by atoms with Gasteiger partial charge in [0.2, 0.25) is 6.79 Å². The van der Waals surface area contributed by atoms with Gasteiger partial charge in [0.25, 0.3) is 5.91 Å². The molecular formula is C17H21NO7. The summed E-state index contributed by atoms with van der Waals surface area (Å²) in [5, 5.41) is 2.51. The molecule has 1 N–H and O–H groups in total. The fourth-order valence-corrected chi connectivity index (χ4v) is 2.30. The molecule has 25 heavy (non-hydrogen) atoms. The third kappa shape index (κ3) is 5.10. The molecule has 0 aromatic heterocycles. The molecule has 1 aromatic rings. The van der Waals surface area contributed by atoms with E-state index in [0.717, 1.165) is 0 Å². The Hall–Kier alpha value is -2.77. The van der Waals surface area contributed by atoms with Gasteiger partial charge in [-0.15, -0.1) is 0 Å². The fourth-order valence-electron chi connectivity index (χ4n) is 2.30. The standard InChI is InChI=1S/C17H21NO7/c1-10(2)6-12(17(21)22-3)18-15(19)8-23-16(20)11-4-5-13-14(7-11)25-9-24-13/h4-5,7,10,12H,6,8-9H2,1-3H3,(H,18,19)/t12-/m0/s1. The lowest BCUT2D eigenvalue weighted by Gasteiger charge is -2.18. The summed E-state index contributed by atoms with van der Waals surface area (Å²) in [6.07, 6.45) is 0.425. The van der Waals surface area contributed by atoms with Crippen molar-refractivity contribution in [1.82, 2.24) is 5.32 Å². The highest BCUT2D eigenvalue weighted by atomic mass is 16.7. The first-order chi connectivity index (χ1) is 11.9. The monoisotopic (exact) mass is 351 g/mol. The lowest BCUT2D eigenvalue weighted by Crippen LogP contribution is -2.44. The predicted octanol–water partition coefficient (Wildman–Crippen LogP) is 1.28. The molecule has 8 nitrogen and oxygen atoms in total. The van der Waals surface area contributed by atoms with Crippen LogP contribution in [0.1, 0.15) is 30.6 Å². The van der Waals surface area contributed by atoms with Gasteiger partial charge >= 0.3 is 11.9 Å². The number of nitrogens with one attached hydrogen (secondary N) is 1. The number of hydrogen-bond acceptors (Lipinski definition) is 7. The quantitative estimate of drug-likeness (QED) is 0.739. The highest BCUT2D eigenvalue weighted by Crippen LogP contribution is 2.32. The largest absolute Gasteiger partial charge is 0.467 e. The molecule has 0 saturated heterocycles. The molecule has 0 unspecified atom stereocenters. The Balaban J connectivity index is 1.87. The second-order valence-corrected chi connectivity index (χ2v) is 5.92. The summed E-state index contributed by atoms with van der Waals surface area (Å²) in [5.41, 5.74) is 0.240. The average molecular weight is 351 g/mol. The summed E-state index contributed by atoms with van der Waals surface area (Å²) < 4.78 is 20.0. The van der Waals surface area contributed by atoms with E-state index < -0.39 is 30.5 Å². The van der Waals surface area contributed by atoms with Gasteiger partial charge in [0.1, 0.15) is 6.04 Å². The molecule has 0 spiro atoms. The maximum Gasteiger partial charge on any atom is 0.338 e. The van der Waals surface area contributed by atoms with Crippen LogP contribution in [-0.2, 0) is 19.1 Å². The molecular weight excluding hydrogens is 330 g/mol. The second-order valence-electron chi connectivity index (χ2n) is 5.92. The Morgan fingerprint density at radius 3 is 2.60 bits per heavy atom. The Labute approximate surface area is 145 Å². The van der Waals surface area contributed by atoms with Gasteiger partial charge < -0.3 is 24.3 Å². The third-order valence-corrected chi connectivity index (χ3v) is 3.47. The van der Waals surface area contributed by atoms with Gasteiger partial charge in [0, 0.05) is 0 Å². The van der Waals surface area contributed by atoms with E-state index in [9.17, 15) is 14.4 Å². The van der Waals surface area contributed by atoms with Crippen LogP contribution < -0.4 is 14.8 Å². The first-order valence-electron chi connectivity index (χ1n) is 7.84. The van der Waals surface area contributed by atoms with Gasteiger partial charge in [0.05, 0.1) is 12.7 Å². The van der Waals surface area contributed by atoms with Crippen molar-refractivity contribution in [2.75, 3.05) is 20.5 Å². The van der Waals surface area contributed by atoms with Crippen LogP contribution in [-0.4, -0.2) is 44.4 Å². The number of fused-ring (bicyclic) bond motifs is 1. The summed E-state index contributed by atoms with van der Waals surface area (Å²) in [4.78, 5) is 35.6. The van der Waals surface area contributed by atoms with E-state index in [1.54, 1.807) is 6.07 Å². The Bertz CT molecular complexity index is 656. The topological polar surface area (TPSA) is 100 Å². The van der Waals surface area contributed by atoms with E-state index in [1.807, 2.05) is 13.8 Å². The number of esters is 2. The van der Waals surface area contributed by atoms with Crippen molar-refractivity contribution < 1.29 is 33.3 Å². The van der Waals surface area contributed by atoms with Gasteiger partial charge in [-0.25, -0.2) is 9.59 Å². The zero-order chi connectivity index (χ0) is 18.4. The SMILES string of the molecule is COC(=O)[C@H](CC(C)C)NC(=O)COC(=O)c1ccc2c(c1)OCO2. The molecule has 0 saturated carbocycles. The summed E-state index contributed by atoms with van der Waals surface area (Å²) in [6.45, 7) is 3.43. The molecule has 0 fully saturated rings. The molecule has 1 aliphatic heterocycles. The van der Waals surface area contributed by atoms with E-state index in [2.05, 4.69) is 10.1 Å². The Kier molecular flexibility index (Phi) is 6.21. The van der Waals surface area contributed by atoms with Gasteiger partial charge in [-0.05, 0) is 30.5 Å². The second kappa shape index (κ2) is 8.36. The van der Waals surface area contributed by atoms with E-state index >= 15 is 0 Å². The zero-order valence-corrected chi connectivity index (χ0v) is 14.4. The number of benzene rings is 1. The van der Waals surface area contributed by atoms with E-state index in [1.165, 1.54) is 19.2 Å². The maximum atomic E-state index is 12.0. The van der Waals surface area contributed by atoms with Gasteiger partial charge in [-0.2, -0.15) is 0 Å². The summed E-state index contributed by atoms with van der Waals surface area (Å²) in [6, 6.07) is 3.82. The minimum atomic E-state index is -0.776. The first kappa shape index (κ1) is 18.6. The van der Waals surface area contributed by atoms with Crippen LogP contribution in [0.15, 0.2) is 18.2 Å². The first-order valence-corrected chi connectivity index (χ1v) is 7.84. The smallest absolute Gasteiger partial charge is 0.338 e. The highest BCUT2D eigenvalue weighted by Gasteiger charge is 2.23. The van der Waals surface area contributed by atoms with Crippen LogP contribution in [0.5, 0.6) is 11.5 Å². The van der Waals surface area contributed by atoms with Crippen LogP contribution in [0.4, 0.5) is 0 Å². The molecule has 2 rings (SSSR count). The molecule has 136 valence electrons. The molecule has 1 atom stereocenters. The average Bonchev–Trinajstić information content (AvgIpc) is 3.05. The van der Waals surface area contributed by atoms with Crippen LogP contribution in [0.25, 0.3) is 0 Å². The van der Waals surface area contributed by atoms with Gasteiger partial charge in [-0.3, -0.25) is 4.79 Å². The predicted molar refractivity (Wildman–Crippen MR) is 86.2 cm³/mol. The Morgan fingerprint density at radius 2 is 1.92 bits per heavy atom. The minimum Gasteiger partial charge on any atom is -0.467 e. The van der Waals surface area contributed by atoms with Gasteiger partial charge in [-0.1, -0.05) is 13.8 Å². The van der Waals surface area contributed by atoms with Crippen molar-refractivity contribution in [1.29, 1.82) is 0 Å². The molecule has 0 radical (unpaired) electrons. The number of methoxy groups -OCH3 is 1. The fraction of sp³-hybridized carbons (Fsp3) is 0.471. The molecule has 0 aliphatic carbocycles. The minimum absolute atomic E-state index is 0.0982. The van der Waals surface area contributed by atoms with E-state index in [4.69, 9.17) is 14.2 Å². The van der Waals surface area contributed by atoms with Crippen LogP contribution in [0.3, 0.4) is 0 Å². The third-order valence-electron chi connectivity index (χ3n) is 3.47. The normalized spacial score (nSPS) is 13.3. The van der Waals surface area contributed by atoms with Crippen molar-refractivity contribution in [2.24, 2.45) is 5.92 Å². The lowest BCUT2D eigenvalue weighted by atomic mass is 10.0. The Morgan fingerprint density at radius 1 is 1.20 bits per heavy atom. The number of rotatable bonds is 7. The molecule has 1 aromatic carbocycles.